The van der Waals surface area contributed by atoms with Crippen LogP contribution in [0.4, 0.5) is 14.9 Å². The SMILES string of the molecule is C=CCc1ccc(OCC(O)CN2C(=O)C(C)N(c3ccc(F)cc3)C2=O)c(OC)c1. The van der Waals surface area contributed by atoms with Gasteiger partial charge in [-0.25, -0.2) is 9.18 Å². The minimum absolute atomic E-state index is 0.140. The number of ether oxygens (including phenoxy) is 2. The van der Waals surface area contributed by atoms with Crippen LogP contribution in [-0.4, -0.2) is 54.4 Å². The molecule has 0 saturated carbocycles. The predicted octanol–water partition coefficient (Wildman–Crippen LogP) is 3.16. The number of anilines is 1. The Morgan fingerprint density at radius 2 is 1.90 bits per heavy atom. The molecule has 0 bridgehead atoms. The van der Waals surface area contributed by atoms with Crippen LogP contribution in [0.15, 0.2) is 55.1 Å². The third-order valence-corrected chi connectivity index (χ3v) is 4.99. The Balaban J connectivity index is 1.64. The number of benzene rings is 2. The van der Waals surface area contributed by atoms with Crippen LogP contribution in [0, 0.1) is 5.82 Å². The van der Waals surface area contributed by atoms with E-state index in [1.165, 1.54) is 36.3 Å². The van der Waals surface area contributed by atoms with Gasteiger partial charge in [0.15, 0.2) is 11.5 Å². The number of methoxy groups -OCH3 is 1. The van der Waals surface area contributed by atoms with Gasteiger partial charge in [-0.05, 0) is 55.3 Å². The Labute approximate surface area is 180 Å². The van der Waals surface area contributed by atoms with E-state index in [0.29, 0.717) is 23.6 Å². The second-order valence-corrected chi connectivity index (χ2v) is 7.20. The quantitative estimate of drug-likeness (QED) is 0.490. The van der Waals surface area contributed by atoms with Crippen molar-refractivity contribution < 1.29 is 28.6 Å². The first-order valence-corrected chi connectivity index (χ1v) is 9.84. The molecule has 2 aromatic carbocycles. The fraction of sp³-hybridized carbons (Fsp3) is 0.304. The monoisotopic (exact) mass is 428 g/mol. The van der Waals surface area contributed by atoms with Crippen molar-refractivity contribution in [1.29, 1.82) is 0 Å². The molecule has 3 rings (SSSR count). The molecule has 1 saturated heterocycles. The summed E-state index contributed by atoms with van der Waals surface area (Å²) >= 11 is 0. The van der Waals surface area contributed by atoms with Gasteiger partial charge in [-0.3, -0.25) is 14.6 Å². The van der Waals surface area contributed by atoms with Gasteiger partial charge in [-0.2, -0.15) is 0 Å². The van der Waals surface area contributed by atoms with Crippen LogP contribution in [0.2, 0.25) is 0 Å². The zero-order valence-corrected chi connectivity index (χ0v) is 17.5. The number of carbonyl (C=O) groups is 2. The van der Waals surface area contributed by atoms with Crippen molar-refractivity contribution in [2.24, 2.45) is 0 Å². The summed E-state index contributed by atoms with van der Waals surface area (Å²) in [4.78, 5) is 27.6. The second-order valence-electron chi connectivity index (χ2n) is 7.20. The first kappa shape index (κ1) is 22.3. The molecule has 0 aromatic heterocycles. The predicted molar refractivity (Wildman–Crippen MR) is 114 cm³/mol. The van der Waals surface area contributed by atoms with Crippen LogP contribution in [0.3, 0.4) is 0 Å². The Bertz CT molecular complexity index is 963. The van der Waals surface area contributed by atoms with Crippen molar-refractivity contribution in [1.82, 2.24) is 4.90 Å². The van der Waals surface area contributed by atoms with Gasteiger partial charge in [0.2, 0.25) is 0 Å². The molecule has 0 spiro atoms. The number of aliphatic hydroxyl groups excluding tert-OH is 1. The average molecular weight is 428 g/mol. The summed E-state index contributed by atoms with van der Waals surface area (Å²) in [5.41, 5.74) is 1.41. The fourth-order valence-corrected chi connectivity index (χ4v) is 3.40. The third kappa shape index (κ3) is 4.86. The van der Waals surface area contributed by atoms with Gasteiger partial charge in [0, 0.05) is 5.69 Å². The first-order chi connectivity index (χ1) is 14.8. The van der Waals surface area contributed by atoms with E-state index in [0.717, 1.165) is 10.5 Å². The van der Waals surface area contributed by atoms with Gasteiger partial charge in [-0.1, -0.05) is 12.1 Å². The molecule has 164 valence electrons. The summed E-state index contributed by atoms with van der Waals surface area (Å²) in [7, 11) is 1.52. The van der Waals surface area contributed by atoms with E-state index in [1.807, 2.05) is 12.1 Å². The minimum Gasteiger partial charge on any atom is -0.493 e. The molecule has 0 radical (unpaired) electrons. The highest BCUT2D eigenvalue weighted by Gasteiger charge is 2.43. The molecule has 1 aliphatic heterocycles. The summed E-state index contributed by atoms with van der Waals surface area (Å²) in [6.07, 6.45) is 1.35. The van der Waals surface area contributed by atoms with Gasteiger partial charge in [0.1, 0.15) is 24.6 Å². The molecule has 3 amide bonds. The number of rotatable bonds is 9. The highest BCUT2D eigenvalue weighted by atomic mass is 19.1. The highest BCUT2D eigenvalue weighted by molar-refractivity contribution is 6.14. The fourth-order valence-electron chi connectivity index (χ4n) is 3.40. The number of amides is 3. The maximum absolute atomic E-state index is 13.2. The zero-order valence-electron chi connectivity index (χ0n) is 17.5. The molecule has 1 fully saturated rings. The lowest BCUT2D eigenvalue weighted by molar-refractivity contribution is -0.128. The van der Waals surface area contributed by atoms with Crippen molar-refractivity contribution in [3.05, 3.63) is 66.5 Å². The molecular weight excluding hydrogens is 403 g/mol. The number of aliphatic hydroxyl groups is 1. The third-order valence-electron chi connectivity index (χ3n) is 4.99. The standard InChI is InChI=1S/C23H25FN2O5/c1-4-5-16-6-11-20(21(12-16)30-3)31-14-19(27)13-25-22(28)15(2)26(23(25)29)18-9-7-17(24)8-10-18/h4,6-12,15,19,27H,1,5,13-14H2,2-3H3. The maximum Gasteiger partial charge on any atom is 0.332 e. The molecule has 8 heteroatoms. The van der Waals surface area contributed by atoms with E-state index < -0.39 is 29.9 Å². The number of halogens is 1. The molecule has 1 heterocycles. The molecule has 1 aliphatic rings. The number of carbonyl (C=O) groups excluding carboxylic acids is 2. The molecular formula is C23H25FN2O5. The Kier molecular flexibility index (Phi) is 6.91. The van der Waals surface area contributed by atoms with Crippen LogP contribution in [-0.2, 0) is 11.2 Å². The summed E-state index contributed by atoms with van der Waals surface area (Å²) < 4.78 is 24.2. The molecule has 31 heavy (non-hydrogen) atoms. The number of allylic oxidation sites excluding steroid dienone is 1. The highest BCUT2D eigenvalue weighted by Crippen LogP contribution is 2.29. The lowest BCUT2D eigenvalue weighted by atomic mass is 10.1. The number of imide groups is 1. The smallest absolute Gasteiger partial charge is 0.332 e. The maximum atomic E-state index is 13.2. The normalized spacial score (nSPS) is 17.1. The van der Waals surface area contributed by atoms with Crippen molar-refractivity contribution in [3.63, 3.8) is 0 Å². The van der Waals surface area contributed by atoms with E-state index in [-0.39, 0.29) is 13.2 Å². The van der Waals surface area contributed by atoms with E-state index >= 15 is 0 Å². The van der Waals surface area contributed by atoms with Crippen LogP contribution in [0.1, 0.15) is 12.5 Å². The Hall–Kier alpha value is -3.39. The molecule has 7 nitrogen and oxygen atoms in total. The van der Waals surface area contributed by atoms with Gasteiger partial charge in [0.25, 0.3) is 5.91 Å². The Morgan fingerprint density at radius 3 is 2.55 bits per heavy atom. The van der Waals surface area contributed by atoms with Crippen molar-refractivity contribution in [2.45, 2.75) is 25.5 Å². The van der Waals surface area contributed by atoms with E-state index in [2.05, 4.69) is 6.58 Å². The molecule has 2 unspecified atom stereocenters. The summed E-state index contributed by atoms with van der Waals surface area (Å²) in [6.45, 7) is 4.92. The number of β-amino-alcohol motifs (C(OH)–C–C–N with tert-alkyl or cyclic N) is 1. The van der Waals surface area contributed by atoms with Crippen molar-refractivity contribution in [2.75, 3.05) is 25.2 Å². The van der Waals surface area contributed by atoms with E-state index in [1.54, 1.807) is 19.1 Å². The lowest BCUT2D eigenvalue weighted by Gasteiger charge is -2.21. The number of urea groups is 1. The number of nitrogens with zero attached hydrogens (tertiary/aromatic N) is 2. The van der Waals surface area contributed by atoms with Crippen LogP contribution < -0.4 is 14.4 Å². The average Bonchev–Trinajstić information content (AvgIpc) is 2.97. The summed E-state index contributed by atoms with van der Waals surface area (Å²) in [6, 6.07) is 9.39. The number of hydrogen-bond donors (Lipinski definition) is 1. The molecule has 0 aliphatic carbocycles. The van der Waals surface area contributed by atoms with Crippen molar-refractivity contribution in [3.8, 4) is 11.5 Å². The van der Waals surface area contributed by atoms with Gasteiger partial charge >= 0.3 is 6.03 Å². The van der Waals surface area contributed by atoms with E-state index in [9.17, 15) is 19.1 Å². The molecule has 2 atom stereocenters. The minimum atomic E-state index is -1.11. The van der Waals surface area contributed by atoms with Crippen LogP contribution in [0.25, 0.3) is 0 Å². The largest absolute Gasteiger partial charge is 0.493 e. The van der Waals surface area contributed by atoms with Gasteiger partial charge in [-0.15, -0.1) is 6.58 Å². The lowest BCUT2D eigenvalue weighted by Crippen LogP contribution is -2.40. The number of hydrogen-bond acceptors (Lipinski definition) is 5. The van der Waals surface area contributed by atoms with Crippen LogP contribution >= 0.6 is 0 Å². The van der Waals surface area contributed by atoms with Crippen molar-refractivity contribution >= 4 is 17.6 Å². The van der Waals surface area contributed by atoms with Crippen LogP contribution in [0.5, 0.6) is 11.5 Å². The zero-order chi connectivity index (χ0) is 22.5. The second kappa shape index (κ2) is 9.61. The molecule has 1 N–H and O–H groups in total. The summed E-state index contributed by atoms with van der Waals surface area (Å²) in [5.74, 6) is 0.0669. The summed E-state index contributed by atoms with van der Waals surface area (Å²) in [5, 5.41) is 10.4. The first-order valence-electron chi connectivity index (χ1n) is 9.84. The Morgan fingerprint density at radius 1 is 1.19 bits per heavy atom. The topological polar surface area (TPSA) is 79.3 Å². The van der Waals surface area contributed by atoms with E-state index in [4.69, 9.17) is 9.47 Å². The molecule has 2 aromatic rings. The van der Waals surface area contributed by atoms with Gasteiger partial charge in [0.05, 0.1) is 13.7 Å². The van der Waals surface area contributed by atoms with Gasteiger partial charge < -0.3 is 14.6 Å².